The Morgan fingerprint density at radius 3 is 2.81 bits per heavy atom. The maximum absolute atomic E-state index is 13.1. The van der Waals surface area contributed by atoms with Crippen LogP contribution in [0.4, 0.5) is 10.1 Å². The zero-order chi connectivity index (χ0) is 11.5. The van der Waals surface area contributed by atoms with Gasteiger partial charge in [0.25, 0.3) is 0 Å². The van der Waals surface area contributed by atoms with Gasteiger partial charge in [-0.25, -0.2) is 14.4 Å². The zero-order valence-corrected chi connectivity index (χ0v) is 9.46. The average Bonchev–Trinajstić information content (AvgIpc) is 2.15. The predicted molar refractivity (Wildman–Crippen MR) is 61.7 cm³/mol. The van der Waals surface area contributed by atoms with Gasteiger partial charge in [0.2, 0.25) is 0 Å². The lowest BCUT2D eigenvalue weighted by Gasteiger charge is -2.02. The summed E-state index contributed by atoms with van der Waals surface area (Å²) >= 11 is 1.29. The van der Waals surface area contributed by atoms with E-state index in [4.69, 9.17) is 5.73 Å². The van der Waals surface area contributed by atoms with E-state index in [1.807, 2.05) is 13.0 Å². The number of nitrogens with zero attached hydrogens (tertiary/aromatic N) is 2. The molecular formula is C11H10FN3S. The van der Waals surface area contributed by atoms with Crippen LogP contribution in [-0.2, 0) is 0 Å². The molecule has 0 spiro atoms. The van der Waals surface area contributed by atoms with E-state index in [0.29, 0.717) is 15.7 Å². The molecule has 0 bridgehead atoms. The van der Waals surface area contributed by atoms with Crippen molar-refractivity contribution in [2.45, 2.75) is 17.0 Å². The van der Waals surface area contributed by atoms with Crippen LogP contribution in [0.5, 0.6) is 0 Å². The van der Waals surface area contributed by atoms with E-state index in [-0.39, 0.29) is 5.82 Å². The first-order valence-corrected chi connectivity index (χ1v) is 5.49. The Balaban J connectivity index is 2.27. The molecule has 0 aliphatic heterocycles. The van der Waals surface area contributed by atoms with Gasteiger partial charge in [-0.3, -0.25) is 0 Å². The smallest absolute Gasteiger partial charge is 0.192 e. The van der Waals surface area contributed by atoms with Gasteiger partial charge in [-0.2, -0.15) is 0 Å². The minimum absolute atomic E-state index is 0.352. The Morgan fingerprint density at radius 2 is 2.12 bits per heavy atom. The number of nitrogen functional groups attached to an aromatic ring is 1. The van der Waals surface area contributed by atoms with Gasteiger partial charge >= 0.3 is 0 Å². The third-order valence-electron chi connectivity index (χ3n) is 1.88. The number of hydrogen-bond donors (Lipinski definition) is 1. The fourth-order valence-electron chi connectivity index (χ4n) is 1.22. The molecule has 0 saturated carbocycles. The molecule has 1 aromatic heterocycles. The molecule has 0 fully saturated rings. The summed E-state index contributed by atoms with van der Waals surface area (Å²) in [5.41, 5.74) is 6.82. The Bertz CT molecular complexity index is 496. The van der Waals surface area contributed by atoms with E-state index < -0.39 is 0 Å². The van der Waals surface area contributed by atoms with Crippen LogP contribution in [-0.4, -0.2) is 9.97 Å². The molecule has 1 heterocycles. The van der Waals surface area contributed by atoms with Gasteiger partial charge < -0.3 is 5.73 Å². The van der Waals surface area contributed by atoms with Gasteiger partial charge in [0.1, 0.15) is 5.82 Å². The minimum atomic E-state index is -0.352. The van der Waals surface area contributed by atoms with Crippen molar-refractivity contribution >= 4 is 17.4 Å². The highest BCUT2D eigenvalue weighted by Gasteiger charge is 2.03. The van der Waals surface area contributed by atoms with Crippen molar-refractivity contribution in [3.8, 4) is 0 Å². The normalized spacial score (nSPS) is 10.4. The highest BCUT2D eigenvalue weighted by atomic mass is 32.2. The summed E-state index contributed by atoms with van der Waals surface area (Å²) in [7, 11) is 0. The lowest BCUT2D eigenvalue weighted by molar-refractivity contribution is 0.625. The number of aryl methyl sites for hydroxylation is 1. The number of rotatable bonds is 2. The van der Waals surface area contributed by atoms with Crippen LogP contribution in [0.25, 0.3) is 0 Å². The number of halogens is 1. The molecule has 3 nitrogen and oxygen atoms in total. The number of hydrogen-bond acceptors (Lipinski definition) is 4. The summed E-state index contributed by atoms with van der Waals surface area (Å²) in [4.78, 5) is 9.00. The Kier molecular flexibility index (Phi) is 3.05. The van der Waals surface area contributed by atoms with Gasteiger partial charge in [-0.15, -0.1) is 0 Å². The van der Waals surface area contributed by atoms with Gasteiger partial charge in [0.15, 0.2) is 5.16 Å². The molecule has 2 N–H and O–H groups in total. The van der Waals surface area contributed by atoms with Crippen LogP contribution >= 0.6 is 11.8 Å². The van der Waals surface area contributed by atoms with Crippen molar-refractivity contribution in [2.24, 2.45) is 0 Å². The largest absolute Gasteiger partial charge is 0.399 e. The van der Waals surface area contributed by atoms with Crippen LogP contribution in [0.2, 0.25) is 0 Å². The maximum atomic E-state index is 13.1. The first kappa shape index (κ1) is 10.9. The van der Waals surface area contributed by atoms with Gasteiger partial charge in [0, 0.05) is 22.5 Å². The molecule has 2 rings (SSSR count). The molecule has 5 heteroatoms. The van der Waals surface area contributed by atoms with Crippen molar-refractivity contribution in [1.29, 1.82) is 0 Å². The lowest BCUT2D eigenvalue weighted by atomic mass is 10.3. The van der Waals surface area contributed by atoms with Crippen molar-refractivity contribution in [2.75, 3.05) is 5.73 Å². The van der Waals surface area contributed by atoms with Crippen molar-refractivity contribution in [3.63, 3.8) is 0 Å². The number of nitrogens with two attached hydrogens (primary N) is 1. The minimum Gasteiger partial charge on any atom is -0.399 e. The second-order valence-electron chi connectivity index (χ2n) is 3.30. The molecule has 2 aromatic rings. The highest BCUT2D eigenvalue weighted by molar-refractivity contribution is 7.99. The Labute approximate surface area is 96.9 Å². The fraction of sp³-hybridized carbons (Fsp3) is 0.0909. The molecule has 0 radical (unpaired) electrons. The molecule has 82 valence electrons. The van der Waals surface area contributed by atoms with Crippen molar-refractivity contribution in [1.82, 2.24) is 9.97 Å². The molecule has 0 unspecified atom stereocenters. The first-order valence-electron chi connectivity index (χ1n) is 4.67. The van der Waals surface area contributed by atoms with Crippen LogP contribution < -0.4 is 5.73 Å². The summed E-state index contributed by atoms with van der Waals surface area (Å²) in [5, 5.41) is 0.588. The third-order valence-corrected chi connectivity index (χ3v) is 2.73. The van der Waals surface area contributed by atoms with Crippen molar-refractivity contribution < 1.29 is 4.39 Å². The molecular weight excluding hydrogens is 225 g/mol. The van der Waals surface area contributed by atoms with Crippen LogP contribution in [0.1, 0.15) is 5.69 Å². The highest BCUT2D eigenvalue weighted by Crippen LogP contribution is 2.26. The lowest BCUT2D eigenvalue weighted by Crippen LogP contribution is -1.90. The molecule has 1 aromatic carbocycles. The zero-order valence-electron chi connectivity index (χ0n) is 8.64. The fourth-order valence-corrected chi connectivity index (χ4v) is 2.10. The van der Waals surface area contributed by atoms with Gasteiger partial charge in [0.05, 0.1) is 0 Å². The van der Waals surface area contributed by atoms with E-state index in [1.54, 1.807) is 12.3 Å². The Morgan fingerprint density at radius 1 is 1.31 bits per heavy atom. The summed E-state index contributed by atoms with van der Waals surface area (Å²) in [6.45, 7) is 1.88. The first-order chi connectivity index (χ1) is 7.63. The van der Waals surface area contributed by atoms with Crippen LogP contribution in [0.15, 0.2) is 40.5 Å². The third kappa shape index (κ3) is 2.70. The van der Waals surface area contributed by atoms with E-state index in [2.05, 4.69) is 9.97 Å². The van der Waals surface area contributed by atoms with Crippen molar-refractivity contribution in [3.05, 3.63) is 42.0 Å². The molecule has 0 amide bonds. The molecule has 0 aliphatic rings. The van der Waals surface area contributed by atoms with Crippen LogP contribution in [0.3, 0.4) is 0 Å². The monoisotopic (exact) mass is 235 g/mol. The SMILES string of the molecule is Cc1ccnc(Sc2cc(N)cc(F)c2)n1. The van der Waals surface area contributed by atoms with E-state index in [1.165, 1.54) is 23.9 Å². The van der Waals surface area contributed by atoms with E-state index >= 15 is 0 Å². The number of anilines is 1. The summed E-state index contributed by atoms with van der Waals surface area (Å²) in [6.07, 6.45) is 1.67. The van der Waals surface area contributed by atoms with Gasteiger partial charge in [-0.1, -0.05) is 0 Å². The second kappa shape index (κ2) is 4.49. The van der Waals surface area contributed by atoms with E-state index in [9.17, 15) is 4.39 Å². The second-order valence-corrected chi connectivity index (χ2v) is 4.34. The maximum Gasteiger partial charge on any atom is 0.192 e. The standard InChI is InChI=1S/C11H10FN3S/c1-7-2-3-14-11(15-7)16-10-5-8(12)4-9(13)6-10/h2-6H,13H2,1H3. The summed E-state index contributed by atoms with van der Waals surface area (Å²) < 4.78 is 13.1. The molecule has 0 atom stereocenters. The van der Waals surface area contributed by atoms with Crippen LogP contribution in [0, 0.1) is 12.7 Å². The Hall–Kier alpha value is -1.62. The quantitative estimate of drug-likeness (QED) is 0.642. The molecule has 0 aliphatic carbocycles. The summed E-state index contributed by atoms with van der Waals surface area (Å²) in [5.74, 6) is -0.352. The number of benzene rings is 1. The van der Waals surface area contributed by atoms with Gasteiger partial charge in [-0.05, 0) is 43.0 Å². The van der Waals surface area contributed by atoms with E-state index in [0.717, 1.165) is 5.69 Å². The molecule has 0 saturated heterocycles. The average molecular weight is 235 g/mol. The predicted octanol–water partition coefficient (Wildman–Crippen LogP) is 2.66. The topological polar surface area (TPSA) is 51.8 Å². The molecule has 16 heavy (non-hydrogen) atoms. The number of aromatic nitrogens is 2. The summed E-state index contributed by atoms with van der Waals surface area (Å²) in [6, 6.07) is 6.19.